The molecule has 0 bridgehead atoms. The van der Waals surface area contributed by atoms with Crippen LogP contribution in [0.3, 0.4) is 0 Å². The maximum Gasteiger partial charge on any atom is 0.252 e. The lowest BCUT2D eigenvalue weighted by atomic mass is 10.2. The number of hydrogen-bond donors (Lipinski definition) is 1. The summed E-state index contributed by atoms with van der Waals surface area (Å²) in [6.07, 6.45) is 3.30. The molecule has 2 rings (SSSR count). The van der Waals surface area contributed by atoms with Crippen LogP contribution in [0, 0.1) is 11.8 Å². The summed E-state index contributed by atoms with van der Waals surface area (Å²) in [6, 6.07) is 12.6. The summed E-state index contributed by atoms with van der Waals surface area (Å²) in [4.78, 5) is 15.6. The molecule has 0 unspecified atom stereocenters. The summed E-state index contributed by atoms with van der Waals surface area (Å²) in [5.41, 5.74) is 0.626. The molecule has 4 nitrogen and oxygen atoms in total. The molecular weight excluding hydrogens is 252 g/mol. The largest absolute Gasteiger partial charge is 0.479 e. The van der Waals surface area contributed by atoms with Crippen LogP contribution in [0.25, 0.3) is 0 Å². The predicted octanol–water partition coefficient (Wildman–Crippen LogP) is 1.89. The highest BCUT2D eigenvalue weighted by Gasteiger charge is 2.00. The van der Waals surface area contributed by atoms with Crippen molar-refractivity contribution in [1.82, 2.24) is 10.3 Å². The highest BCUT2D eigenvalue weighted by molar-refractivity contribution is 5.94. The van der Waals surface area contributed by atoms with Gasteiger partial charge in [0.1, 0.15) is 12.4 Å². The molecule has 1 heterocycles. The first kappa shape index (κ1) is 13.6. The van der Waals surface area contributed by atoms with Crippen LogP contribution in [0.1, 0.15) is 10.4 Å². The Bertz CT molecular complexity index is 601. The number of ether oxygens (including phenoxy) is 1. The summed E-state index contributed by atoms with van der Waals surface area (Å²) in [5, 5.41) is 2.72. The van der Waals surface area contributed by atoms with Gasteiger partial charge in [0.25, 0.3) is 5.91 Å². The molecule has 0 spiro atoms. The molecule has 0 radical (unpaired) electrons. The van der Waals surface area contributed by atoms with Gasteiger partial charge in [0.2, 0.25) is 0 Å². The van der Waals surface area contributed by atoms with Gasteiger partial charge < -0.3 is 10.1 Å². The maximum absolute atomic E-state index is 11.7. The second-order valence-electron chi connectivity index (χ2n) is 3.88. The summed E-state index contributed by atoms with van der Waals surface area (Å²) in [7, 11) is 0. The van der Waals surface area contributed by atoms with Gasteiger partial charge in [-0.2, -0.15) is 0 Å². The molecule has 0 aliphatic heterocycles. The van der Waals surface area contributed by atoms with E-state index in [1.54, 1.807) is 30.6 Å². The zero-order valence-corrected chi connectivity index (χ0v) is 10.9. The molecule has 0 aliphatic carbocycles. The van der Waals surface area contributed by atoms with Crippen molar-refractivity contribution in [3.8, 4) is 17.6 Å². The van der Waals surface area contributed by atoms with Gasteiger partial charge in [0.15, 0.2) is 0 Å². The van der Waals surface area contributed by atoms with Crippen molar-refractivity contribution in [3.63, 3.8) is 0 Å². The average molecular weight is 266 g/mol. The molecule has 0 fully saturated rings. The number of carbonyl (C=O) groups is 1. The number of hydrogen-bond acceptors (Lipinski definition) is 3. The van der Waals surface area contributed by atoms with Crippen LogP contribution >= 0.6 is 0 Å². The van der Waals surface area contributed by atoms with Crippen LogP contribution in [0.4, 0.5) is 0 Å². The molecule has 2 aromatic rings. The van der Waals surface area contributed by atoms with E-state index in [0.717, 1.165) is 0 Å². The standard InChI is InChI=1S/C16H14N2O2/c19-16(14-7-2-1-3-8-14)18-11-4-5-12-20-15-9-6-10-17-13-15/h1-3,6-10,13H,11-12H2,(H,18,19). The second kappa shape index (κ2) is 7.59. The third-order valence-corrected chi connectivity index (χ3v) is 2.44. The molecule has 1 aromatic heterocycles. The van der Waals surface area contributed by atoms with Crippen LogP contribution in [0.15, 0.2) is 54.9 Å². The highest BCUT2D eigenvalue weighted by atomic mass is 16.5. The number of rotatable bonds is 4. The Kier molecular flexibility index (Phi) is 5.17. The molecule has 20 heavy (non-hydrogen) atoms. The summed E-state index contributed by atoms with van der Waals surface area (Å²) in [5.74, 6) is 6.20. The minimum Gasteiger partial charge on any atom is -0.479 e. The third kappa shape index (κ3) is 4.46. The van der Waals surface area contributed by atoms with Gasteiger partial charge in [-0.05, 0) is 24.3 Å². The molecule has 0 aliphatic rings. The van der Waals surface area contributed by atoms with Crippen LogP contribution in [-0.2, 0) is 0 Å². The van der Waals surface area contributed by atoms with Gasteiger partial charge in [-0.3, -0.25) is 9.78 Å². The summed E-state index contributed by atoms with van der Waals surface area (Å²) < 4.78 is 5.35. The minimum atomic E-state index is -0.131. The van der Waals surface area contributed by atoms with Gasteiger partial charge in [-0.1, -0.05) is 30.0 Å². The van der Waals surface area contributed by atoms with Crippen LogP contribution in [0.5, 0.6) is 5.75 Å². The fourth-order valence-corrected chi connectivity index (χ4v) is 1.48. The highest BCUT2D eigenvalue weighted by Crippen LogP contribution is 2.04. The smallest absolute Gasteiger partial charge is 0.252 e. The fraction of sp³-hybridized carbons (Fsp3) is 0.125. The SMILES string of the molecule is O=C(NCC#CCOc1cccnc1)c1ccccc1. The summed E-state index contributed by atoms with van der Waals surface area (Å²) >= 11 is 0. The lowest BCUT2D eigenvalue weighted by Crippen LogP contribution is -2.23. The van der Waals surface area contributed by atoms with Crippen molar-refractivity contribution < 1.29 is 9.53 Å². The van der Waals surface area contributed by atoms with Crippen molar-refractivity contribution in [2.75, 3.05) is 13.2 Å². The van der Waals surface area contributed by atoms with Crippen molar-refractivity contribution in [1.29, 1.82) is 0 Å². The third-order valence-electron chi connectivity index (χ3n) is 2.44. The normalized spacial score (nSPS) is 9.20. The fourth-order valence-electron chi connectivity index (χ4n) is 1.48. The van der Waals surface area contributed by atoms with Crippen molar-refractivity contribution in [3.05, 3.63) is 60.4 Å². The Morgan fingerprint density at radius 3 is 2.75 bits per heavy atom. The molecule has 0 saturated carbocycles. The second-order valence-corrected chi connectivity index (χ2v) is 3.88. The Balaban J connectivity index is 1.69. The molecular formula is C16H14N2O2. The minimum absolute atomic E-state index is 0.131. The van der Waals surface area contributed by atoms with E-state index in [9.17, 15) is 4.79 Å². The Morgan fingerprint density at radius 2 is 2.00 bits per heavy atom. The van der Waals surface area contributed by atoms with E-state index in [2.05, 4.69) is 22.1 Å². The molecule has 0 saturated heterocycles. The zero-order chi connectivity index (χ0) is 14.0. The van der Waals surface area contributed by atoms with Gasteiger partial charge in [0.05, 0.1) is 12.7 Å². The molecule has 100 valence electrons. The van der Waals surface area contributed by atoms with E-state index in [4.69, 9.17) is 4.74 Å². The van der Waals surface area contributed by atoms with Gasteiger partial charge in [-0.25, -0.2) is 0 Å². The molecule has 4 heteroatoms. The Hall–Kier alpha value is -2.80. The number of nitrogens with zero attached hydrogens (tertiary/aromatic N) is 1. The van der Waals surface area contributed by atoms with Gasteiger partial charge >= 0.3 is 0 Å². The zero-order valence-electron chi connectivity index (χ0n) is 10.9. The van der Waals surface area contributed by atoms with Gasteiger partial charge in [-0.15, -0.1) is 0 Å². The van der Waals surface area contributed by atoms with E-state index in [1.807, 2.05) is 24.3 Å². The van der Waals surface area contributed by atoms with Crippen molar-refractivity contribution in [2.24, 2.45) is 0 Å². The molecule has 1 N–H and O–H groups in total. The van der Waals surface area contributed by atoms with E-state index in [1.165, 1.54) is 0 Å². The van der Waals surface area contributed by atoms with Crippen LogP contribution in [0.2, 0.25) is 0 Å². The maximum atomic E-state index is 11.7. The Morgan fingerprint density at radius 1 is 1.15 bits per heavy atom. The first-order valence-corrected chi connectivity index (χ1v) is 6.18. The molecule has 0 atom stereocenters. The lowest BCUT2D eigenvalue weighted by Gasteiger charge is -2.00. The average Bonchev–Trinajstić information content (AvgIpc) is 2.52. The van der Waals surface area contributed by atoms with Crippen molar-refractivity contribution >= 4 is 5.91 Å². The monoisotopic (exact) mass is 266 g/mol. The number of nitrogens with one attached hydrogen (secondary N) is 1. The van der Waals surface area contributed by atoms with E-state index in [0.29, 0.717) is 17.9 Å². The first-order chi connectivity index (χ1) is 9.86. The van der Waals surface area contributed by atoms with E-state index in [-0.39, 0.29) is 12.5 Å². The number of carbonyl (C=O) groups excluding carboxylic acids is 1. The molecule has 1 aromatic carbocycles. The number of amides is 1. The van der Waals surface area contributed by atoms with E-state index < -0.39 is 0 Å². The summed E-state index contributed by atoms with van der Waals surface area (Å²) in [6.45, 7) is 0.566. The number of benzene rings is 1. The van der Waals surface area contributed by atoms with Crippen LogP contribution < -0.4 is 10.1 Å². The topological polar surface area (TPSA) is 51.2 Å². The number of aromatic nitrogens is 1. The van der Waals surface area contributed by atoms with Crippen LogP contribution in [-0.4, -0.2) is 24.0 Å². The van der Waals surface area contributed by atoms with Gasteiger partial charge in [0, 0.05) is 11.8 Å². The number of pyridine rings is 1. The Labute approximate surface area is 117 Å². The predicted molar refractivity (Wildman–Crippen MR) is 76.3 cm³/mol. The lowest BCUT2D eigenvalue weighted by molar-refractivity contribution is 0.0958. The first-order valence-electron chi connectivity index (χ1n) is 6.18. The quantitative estimate of drug-likeness (QED) is 0.860. The van der Waals surface area contributed by atoms with Crippen molar-refractivity contribution in [2.45, 2.75) is 0 Å². The van der Waals surface area contributed by atoms with E-state index >= 15 is 0 Å². The molecule has 1 amide bonds.